The van der Waals surface area contributed by atoms with Crippen molar-refractivity contribution < 1.29 is 32.7 Å². The van der Waals surface area contributed by atoms with Gasteiger partial charge in [-0.2, -0.15) is 0 Å². The van der Waals surface area contributed by atoms with E-state index in [2.05, 4.69) is 20.8 Å². The SMILES string of the molecule is CCOC(=O)C1=C(COC(=O)c2ccc(-c3nnc(-c4ccccc4)o3)cc2)NC(=O)NC1c1ccc(C)o1. The highest BCUT2D eigenvalue weighted by Crippen LogP contribution is 2.29. The predicted octanol–water partition coefficient (Wildman–Crippen LogP) is 4.33. The van der Waals surface area contributed by atoms with Gasteiger partial charge in [-0.05, 0) is 62.4 Å². The Morgan fingerprint density at radius 1 is 0.872 bits per heavy atom. The number of esters is 2. The van der Waals surface area contributed by atoms with Gasteiger partial charge in [0.05, 0.1) is 23.4 Å². The number of aryl methyl sites for hydroxylation is 1. The van der Waals surface area contributed by atoms with Gasteiger partial charge in [0.2, 0.25) is 11.8 Å². The number of urea groups is 1. The number of nitrogens with zero attached hydrogens (tertiary/aromatic N) is 2. The van der Waals surface area contributed by atoms with E-state index >= 15 is 0 Å². The van der Waals surface area contributed by atoms with Gasteiger partial charge in [-0.3, -0.25) is 0 Å². The van der Waals surface area contributed by atoms with Crippen LogP contribution in [0.5, 0.6) is 0 Å². The summed E-state index contributed by atoms with van der Waals surface area (Å²) in [6, 6.07) is 17.7. The zero-order valence-electron chi connectivity index (χ0n) is 21.1. The number of carbonyl (C=O) groups excluding carboxylic acids is 3. The van der Waals surface area contributed by atoms with Crippen molar-refractivity contribution in [1.29, 1.82) is 0 Å². The van der Waals surface area contributed by atoms with E-state index in [0.29, 0.717) is 28.9 Å². The third-order valence-electron chi connectivity index (χ3n) is 5.86. The van der Waals surface area contributed by atoms with Crippen molar-refractivity contribution in [2.75, 3.05) is 13.2 Å². The first-order valence-corrected chi connectivity index (χ1v) is 12.1. The molecule has 198 valence electrons. The van der Waals surface area contributed by atoms with Crippen LogP contribution >= 0.6 is 0 Å². The minimum Gasteiger partial charge on any atom is -0.464 e. The first-order valence-electron chi connectivity index (χ1n) is 12.1. The van der Waals surface area contributed by atoms with Gasteiger partial charge in [-0.15, -0.1) is 10.2 Å². The molecule has 3 heterocycles. The number of hydrogen-bond acceptors (Lipinski definition) is 9. The van der Waals surface area contributed by atoms with Gasteiger partial charge < -0.3 is 28.9 Å². The number of aromatic nitrogens is 2. The topological polar surface area (TPSA) is 146 Å². The van der Waals surface area contributed by atoms with E-state index in [1.807, 2.05) is 30.3 Å². The molecule has 11 nitrogen and oxygen atoms in total. The van der Waals surface area contributed by atoms with Crippen molar-refractivity contribution >= 4 is 18.0 Å². The van der Waals surface area contributed by atoms with Gasteiger partial charge >= 0.3 is 18.0 Å². The number of amides is 2. The Bertz CT molecular complexity index is 1540. The van der Waals surface area contributed by atoms with E-state index in [0.717, 1.165) is 5.56 Å². The molecule has 0 aliphatic carbocycles. The maximum Gasteiger partial charge on any atom is 0.338 e. The van der Waals surface area contributed by atoms with Gasteiger partial charge in [0.15, 0.2) is 0 Å². The zero-order chi connectivity index (χ0) is 27.4. The molecule has 0 fully saturated rings. The fraction of sp³-hybridized carbons (Fsp3) is 0.179. The molecule has 0 saturated carbocycles. The number of carbonyl (C=O) groups is 3. The number of furan rings is 1. The van der Waals surface area contributed by atoms with Gasteiger partial charge in [0, 0.05) is 11.1 Å². The number of nitrogens with one attached hydrogen (secondary N) is 2. The monoisotopic (exact) mass is 528 g/mol. The van der Waals surface area contributed by atoms with Crippen LogP contribution in [0.3, 0.4) is 0 Å². The molecule has 0 saturated heterocycles. The quantitative estimate of drug-likeness (QED) is 0.319. The van der Waals surface area contributed by atoms with Crippen LogP contribution in [0.1, 0.15) is 34.8 Å². The summed E-state index contributed by atoms with van der Waals surface area (Å²) in [6.07, 6.45) is 0. The number of hydrogen-bond donors (Lipinski definition) is 2. The molecule has 39 heavy (non-hydrogen) atoms. The Balaban J connectivity index is 1.32. The number of benzene rings is 2. The lowest BCUT2D eigenvalue weighted by molar-refractivity contribution is -0.139. The molecule has 1 aliphatic rings. The maximum absolute atomic E-state index is 12.8. The molecular formula is C28H24N4O7. The second kappa shape index (κ2) is 11.1. The Kier molecular flexibility index (Phi) is 7.21. The lowest BCUT2D eigenvalue weighted by atomic mass is 10.0. The highest BCUT2D eigenvalue weighted by Gasteiger charge is 2.36. The summed E-state index contributed by atoms with van der Waals surface area (Å²) in [4.78, 5) is 38.0. The minimum absolute atomic E-state index is 0.0829. The summed E-state index contributed by atoms with van der Waals surface area (Å²) in [7, 11) is 0. The second-order valence-electron chi connectivity index (χ2n) is 8.52. The normalized spacial score (nSPS) is 14.9. The molecule has 11 heteroatoms. The molecule has 1 atom stereocenters. The molecule has 2 amide bonds. The molecule has 2 aromatic heterocycles. The molecule has 0 radical (unpaired) electrons. The Morgan fingerprint density at radius 2 is 1.56 bits per heavy atom. The average Bonchev–Trinajstić information content (AvgIpc) is 3.62. The molecule has 0 bridgehead atoms. The Labute approximate surface area is 222 Å². The number of ether oxygens (including phenoxy) is 2. The summed E-state index contributed by atoms with van der Waals surface area (Å²) >= 11 is 0. The van der Waals surface area contributed by atoms with E-state index in [1.54, 1.807) is 50.2 Å². The van der Waals surface area contributed by atoms with E-state index in [9.17, 15) is 14.4 Å². The summed E-state index contributed by atoms with van der Waals surface area (Å²) < 4.78 is 22.0. The van der Waals surface area contributed by atoms with Crippen molar-refractivity contribution in [3.8, 4) is 22.9 Å². The molecular weight excluding hydrogens is 504 g/mol. The lowest BCUT2D eigenvalue weighted by Crippen LogP contribution is -2.47. The fourth-order valence-electron chi connectivity index (χ4n) is 4.01. The van der Waals surface area contributed by atoms with E-state index in [4.69, 9.17) is 18.3 Å². The number of rotatable bonds is 8. The molecule has 0 spiro atoms. The van der Waals surface area contributed by atoms with Crippen molar-refractivity contribution in [1.82, 2.24) is 20.8 Å². The van der Waals surface area contributed by atoms with Crippen molar-refractivity contribution in [3.05, 3.63) is 95.1 Å². The minimum atomic E-state index is -0.908. The third kappa shape index (κ3) is 5.57. The predicted molar refractivity (Wildman–Crippen MR) is 137 cm³/mol. The van der Waals surface area contributed by atoms with Gasteiger partial charge in [0.1, 0.15) is 24.2 Å². The van der Waals surface area contributed by atoms with E-state index in [-0.39, 0.29) is 30.0 Å². The molecule has 2 aromatic carbocycles. The zero-order valence-corrected chi connectivity index (χ0v) is 21.1. The van der Waals surface area contributed by atoms with Crippen LogP contribution in [0.4, 0.5) is 4.79 Å². The van der Waals surface area contributed by atoms with Crippen LogP contribution in [0, 0.1) is 6.92 Å². The smallest absolute Gasteiger partial charge is 0.338 e. The highest BCUT2D eigenvalue weighted by molar-refractivity contribution is 5.95. The summed E-state index contributed by atoms with van der Waals surface area (Å²) in [6.45, 7) is 3.16. The molecule has 1 unspecified atom stereocenters. The second-order valence-corrected chi connectivity index (χ2v) is 8.52. The summed E-state index contributed by atoms with van der Waals surface area (Å²) in [5, 5.41) is 13.4. The summed E-state index contributed by atoms with van der Waals surface area (Å²) in [5.74, 6) is 0.303. The van der Waals surface area contributed by atoms with Crippen LogP contribution < -0.4 is 10.6 Å². The van der Waals surface area contributed by atoms with E-state index < -0.39 is 24.0 Å². The van der Waals surface area contributed by atoms with Crippen LogP contribution in [0.15, 0.2) is 86.8 Å². The van der Waals surface area contributed by atoms with Crippen LogP contribution in [0.25, 0.3) is 22.9 Å². The molecule has 5 rings (SSSR count). The third-order valence-corrected chi connectivity index (χ3v) is 5.86. The Hall–Kier alpha value is -5.19. The van der Waals surface area contributed by atoms with Crippen LogP contribution in [-0.4, -0.2) is 41.4 Å². The van der Waals surface area contributed by atoms with E-state index in [1.165, 1.54) is 0 Å². The van der Waals surface area contributed by atoms with Gasteiger partial charge in [0.25, 0.3) is 0 Å². The lowest BCUT2D eigenvalue weighted by Gasteiger charge is -2.27. The standard InChI is InChI=1S/C28H24N4O7/c1-3-36-27(34)22-20(29-28(35)30-23(22)21-14-9-16(2)38-21)15-37-26(33)19-12-10-18(11-13-19)25-32-31-24(39-25)17-7-5-4-6-8-17/h4-14,23H,3,15H2,1-2H3,(H2,29,30,35). The van der Waals surface area contributed by atoms with Crippen LogP contribution in [0.2, 0.25) is 0 Å². The summed E-state index contributed by atoms with van der Waals surface area (Å²) in [5.41, 5.74) is 1.84. The average molecular weight is 529 g/mol. The first kappa shape index (κ1) is 25.5. The van der Waals surface area contributed by atoms with Crippen LogP contribution in [-0.2, 0) is 14.3 Å². The highest BCUT2D eigenvalue weighted by atomic mass is 16.5. The van der Waals surface area contributed by atoms with Gasteiger partial charge in [-0.1, -0.05) is 18.2 Å². The maximum atomic E-state index is 12.8. The molecule has 1 aliphatic heterocycles. The van der Waals surface area contributed by atoms with Crippen molar-refractivity contribution in [2.45, 2.75) is 19.9 Å². The molecule has 4 aromatic rings. The van der Waals surface area contributed by atoms with Crippen molar-refractivity contribution in [3.63, 3.8) is 0 Å². The largest absolute Gasteiger partial charge is 0.464 e. The molecule has 2 N–H and O–H groups in total. The van der Waals surface area contributed by atoms with Gasteiger partial charge in [-0.25, -0.2) is 14.4 Å². The fourth-order valence-corrected chi connectivity index (χ4v) is 4.01. The van der Waals surface area contributed by atoms with Crippen molar-refractivity contribution in [2.24, 2.45) is 0 Å². The first-order chi connectivity index (χ1) is 18.9. The Morgan fingerprint density at radius 3 is 2.21 bits per heavy atom.